The molecule has 7 nitrogen and oxygen atoms in total. The molecule has 3 aromatic rings. The number of hydrogen-bond acceptors (Lipinski definition) is 6. The molecule has 0 bridgehead atoms. The molecule has 0 saturated carbocycles. The van der Waals surface area contributed by atoms with Crippen LogP contribution < -0.4 is 25.0 Å². The van der Waals surface area contributed by atoms with Crippen molar-refractivity contribution in [1.29, 1.82) is 0 Å². The number of rotatable bonds is 6. The monoisotopic (exact) mass is 390 g/mol. The van der Waals surface area contributed by atoms with Crippen molar-refractivity contribution in [3.8, 4) is 11.5 Å². The second-order valence-corrected chi connectivity index (χ2v) is 6.87. The highest BCUT2D eigenvalue weighted by Gasteiger charge is 2.14. The average Bonchev–Trinajstić information content (AvgIpc) is 3.20. The van der Waals surface area contributed by atoms with Gasteiger partial charge in [-0.25, -0.2) is 4.98 Å². The van der Waals surface area contributed by atoms with E-state index in [0.717, 1.165) is 22.7 Å². The molecular weight excluding hydrogens is 368 g/mol. The lowest BCUT2D eigenvalue weighted by atomic mass is 10.2. The summed E-state index contributed by atoms with van der Waals surface area (Å²) in [6.45, 7) is 0.627. The zero-order valence-corrected chi connectivity index (χ0v) is 16.3. The van der Waals surface area contributed by atoms with Gasteiger partial charge >= 0.3 is 0 Å². The Hall–Kier alpha value is -3.74. The van der Waals surface area contributed by atoms with E-state index < -0.39 is 0 Å². The molecule has 0 radical (unpaired) electrons. The smallest absolute Gasteiger partial charge is 0.251 e. The molecule has 0 atom stereocenters. The van der Waals surface area contributed by atoms with E-state index in [9.17, 15) is 4.79 Å². The highest BCUT2D eigenvalue weighted by molar-refractivity contribution is 5.94. The quantitative estimate of drug-likeness (QED) is 0.670. The summed E-state index contributed by atoms with van der Waals surface area (Å²) in [6, 6.07) is 17.0. The van der Waals surface area contributed by atoms with Gasteiger partial charge in [0.05, 0.1) is 0 Å². The lowest BCUT2D eigenvalue weighted by molar-refractivity contribution is 0.0950. The number of benzene rings is 2. The van der Waals surface area contributed by atoms with Gasteiger partial charge in [-0.2, -0.15) is 0 Å². The molecule has 7 heteroatoms. The lowest BCUT2D eigenvalue weighted by Gasteiger charge is -2.13. The van der Waals surface area contributed by atoms with Crippen LogP contribution in [0.4, 0.5) is 17.2 Å². The van der Waals surface area contributed by atoms with E-state index in [4.69, 9.17) is 9.47 Å². The predicted molar refractivity (Wildman–Crippen MR) is 112 cm³/mol. The number of hydrogen-bond donors (Lipinski definition) is 2. The maximum atomic E-state index is 12.5. The number of pyridine rings is 1. The normalized spacial score (nSPS) is 11.8. The Bertz CT molecular complexity index is 1020. The van der Waals surface area contributed by atoms with E-state index >= 15 is 0 Å². The van der Waals surface area contributed by atoms with Crippen LogP contribution in [0.3, 0.4) is 0 Å². The Morgan fingerprint density at radius 1 is 1.03 bits per heavy atom. The zero-order valence-electron chi connectivity index (χ0n) is 16.3. The van der Waals surface area contributed by atoms with Crippen LogP contribution in [0, 0.1) is 0 Å². The highest BCUT2D eigenvalue weighted by atomic mass is 16.7. The van der Waals surface area contributed by atoms with Gasteiger partial charge in [0.15, 0.2) is 11.5 Å². The van der Waals surface area contributed by atoms with Crippen molar-refractivity contribution in [2.24, 2.45) is 0 Å². The largest absolute Gasteiger partial charge is 0.454 e. The summed E-state index contributed by atoms with van der Waals surface area (Å²) < 4.78 is 10.7. The fourth-order valence-electron chi connectivity index (χ4n) is 2.97. The minimum Gasteiger partial charge on any atom is -0.454 e. The highest BCUT2D eigenvalue weighted by Crippen LogP contribution is 2.32. The molecule has 1 aromatic heterocycles. The van der Waals surface area contributed by atoms with Crippen LogP contribution in [-0.2, 0) is 6.54 Å². The number of carbonyl (C=O) groups is 1. The van der Waals surface area contributed by atoms with Crippen LogP contribution in [0.5, 0.6) is 11.5 Å². The number of ether oxygens (including phenoxy) is 2. The molecule has 1 amide bonds. The molecule has 2 aromatic carbocycles. The average molecular weight is 390 g/mol. The van der Waals surface area contributed by atoms with Crippen LogP contribution in [0.1, 0.15) is 15.9 Å². The SMILES string of the molecule is CN(C)c1ccc(Nc2cc(C(=O)NCc3ccc4c(c3)OCO4)ccn2)cc1. The van der Waals surface area contributed by atoms with Crippen molar-refractivity contribution < 1.29 is 14.3 Å². The van der Waals surface area contributed by atoms with Gasteiger partial charge in [-0.05, 0) is 54.1 Å². The molecular formula is C22H22N4O3. The molecule has 1 aliphatic rings. The van der Waals surface area contributed by atoms with Crippen molar-refractivity contribution in [3.05, 3.63) is 71.9 Å². The van der Waals surface area contributed by atoms with Gasteiger partial charge in [0, 0.05) is 43.8 Å². The van der Waals surface area contributed by atoms with Crippen LogP contribution >= 0.6 is 0 Å². The van der Waals surface area contributed by atoms with Crippen molar-refractivity contribution in [1.82, 2.24) is 10.3 Å². The number of aromatic nitrogens is 1. The van der Waals surface area contributed by atoms with Crippen LogP contribution in [0.15, 0.2) is 60.8 Å². The van der Waals surface area contributed by atoms with E-state index in [-0.39, 0.29) is 12.7 Å². The van der Waals surface area contributed by atoms with E-state index in [0.29, 0.717) is 23.7 Å². The van der Waals surface area contributed by atoms with E-state index in [1.165, 1.54) is 0 Å². The Morgan fingerprint density at radius 2 is 1.83 bits per heavy atom. The summed E-state index contributed by atoms with van der Waals surface area (Å²) in [5, 5.41) is 6.15. The standard InChI is InChI=1S/C22H22N4O3/c1-26(2)18-6-4-17(5-7-18)25-21-12-16(9-10-23-21)22(27)24-13-15-3-8-19-20(11-15)29-14-28-19/h3-12H,13-14H2,1-2H3,(H,23,25)(H,24,27). The minimum atomic E-state index is -0.170. The maximum Gasteiger partial charge on any atom is 0.251 e. The fourth-order valence-corrected chi connectivity index (χ4v) is 2.97. The zero-order chi connectivity index (χ0) is 20.2. The van der Waals surface area contributed by atoms with E-state index in [1.54, 1.807) is 18.3 Å². The van der Waals surface area contributed by atoms with Gasteiger partial charge in [0.1, 0.15) is 5.82 Å². The first-order chi connectivity index (χ1) is 14.1. The van der Waals surface area contributed by atoms with Gasteiger partial charge < -0.3 is 25.0 Å². The molecule has 29 heavy (non-hydrogen) atoms. The van der Waals surface area contributed by atoms with Crippen LogP contribution in [0.25, 0.3) is 0 Å². The first-order valence-electron chi connectivity index (χ1n) is 9.26. The topological polar surface area (TPSA) is 75.7 Å². The third-order valence-corrected chi connectivity index (χ3v) is 4.57. The molecule has 0 fully saturated rings. The summed E-state index contributed by atoms with van der Waals surface area (Å²) in [5.74, 6) is 1.87. The molecule has 0 spiro atoms. The van der Waals surface area contributed by atoms with Crippen molar-refractivity contribution in [2.45, 2.75) is 6.54 Å². The summed E-state index contributed by atoms with van der Waals surface area (Å²) in [4.78, 5) is 18.9. The number of amides is 1. The van der Waals surface area contributed by atoms with E-state index in [2.05, 4.69) is 15.6 Å². The molecule has 2 heterocycles. The predicted octanol–water partition coefficient (Wildman–Crippen LogP) is 3.55. The third kappa shape index (κ3) is 4.40. The lowest BCUT2D eigenvalue weighted by Crippen LogP contribution is -2.22. The van der Waals surface area contributed by atoms with Gasteiger partial charge in [-0.3, -0.25) is 4.79 Å². The van der Waals surface area contributed by atoms with Gasteiger partial charge in [0.2, 0.25) is 6.79 Å². The number of nitrogens with zero attached hydrogens (tertiary/aromatic N) is 2. The molecule has 1 aliphatic heterocycles. The Labute approximate surface area is 169 Å². The molecule has 4 rings (SSSR count). The van der Waals surface area contributed by atoms with Crippen molar-refractivity contribution in [2.75, 3.05) is 31.1 Å². The van der Waals surface area contributed by atoms with Crippen LogP contribution in [-0.4, -0.2) is 31.8 Å². The van der Waals surface area contributed by atoms with E-state index in [1.807, 2.05) is 61.5 Å². The molecule has 0 aliphatic carbocycles. The number of nitrogens with one attached hydrogen (secondary N) is 2. The fraction of sp³-hybridized carbons (Fsp3) is 0.182. The van der Waals surface area contributed by atoms with Crippen molar-refractivity contribution in [3.63, 3.8) is 0 Å². The second-order valence-electron chi connectivity index (χ2n) is 6.87. The summed E-state index contributed by atoms with van der Waals surface area (Å²) in [6.07, 6.45) is 1.62. The third-order valence-electron chi connectivity index (χ3n) is 4.57. The molecule has 148 valence electrons. The van der Waals surface area contributed by atoms with Gasteiger partial charge in [-0.1, -0.05) is 6.07 Å². The number of carbonyl (C=O) groups excluding carboxylic acids is 1. The van der Waals surface area contributed by atoms with Crippen molar-refractivity contribution >= 4 is 23.1 Å². The summed E-state index contributed by atoms with van der Waals surface area (Å²) in [7, 11) is 3.99. The maximum absolute atomic E-state index is 12.5. The first kappa shape index (κ1) is 18.6. The van der Waals surface area contributed by atoms with Gasteiger partial charge in [0.25, 0.3) is 5.91 Å². The molecule has 2 N–H and O–H groups in total. The summed E-state index contributed by atoms with van der Waals surface area (Å²) >= 11 is 0. The minimum absolute atomic E-state index is 0.170. The first-order valence-corrected chi connectivity index (χ1v) is 9.26. The second kappa shape index (κ2) is 8.10. The van der Waals surface area contributed by atoms with Gasteiger partial charge in [-0.15, -0.1) is 0 Å². The molecule has 0 saturated heterocycles. The Kier molecular flexibility index (Phi) is 5.20. The Morgan fingerprint density at radius 3 is 2.62 bits per heavy atom. The number of fused-ring (bicyclic) bond motifs is 1. The molecule has 0 unspecified atom stereocenters. The number of anilines is 3. The summed E-state index contributed by atoms with van der Waals surface area (Å²) in [5.41, 5.74) is 3.49. The Balaban J connectivity index is 1.39. The van der Waals surface area contributed by atoms with Crippen LogP contribution in [0.2, 0.25) is 0 Å².